The Labute approximate surface area is 240 Å². The summed E-state index contributed by atoms with van der Waals surface area (Å²) in [5, 5.41) is 4.51. The standard InChI is InChI=1S/C27H22BrIN4O5/c28-19-6-10-22(11-7-19)38-21-8-4-18(5-9-21)27(24(35)30-26(37)31-25(27)36)33-14-12-32(13-15-33)23(34)17-2-1-3-20(29)16-17/h1-11,16H,12-15H2,(H2,30,31,35,36,37). The summed E-state index contributed by atoms with van der Waals surface area (Å²) in [6, 6.07) is 20.4. The molecule has 11 heteroatoms. The van der Waals surface area contributed by atoms with Gasteiger partial charge in [-0.3, -0.25) is 29.9 Å². The first-order chi connectivity index (χ1) is 18.3. The van der Waals surface area contributed by atoms with Crippen LogP contribution in [0.4, 0.5) is 4.79 Å². The summed E-state index contributed by atoms with van der Waals surface area (Å²) in [6.07, 6.45) is 0. The number of hydrogen-bond donors (Lipinski definition) is 2. The van der Waals surface area contributed by atoms with Crippen molar-refractivity contribution < 1.29 is 23.9 Å². The number of benzene rings is 3. The molecule has 194 valence electrons. The lowest BCUT2D eigenvalue weighted by molar-refractivity contribution is -0.149. The van der Waals surface area contributed by atoms with Crippen LogP contribution in [0.1, 0.15) is 15.9 Å². The Kier molecular flexibility index (Phi) is 7.50. The van der Waals surface area contributed by atoms with Gasteiger partial charge in [0.25, 0.3) is 17.7 Å². The van der Waals surface area contributed by atoms with E-state index in [0.29, 0.717) is 35.7 Å². The maximum atomic E-state index is 13.4. The van der Waals surface area contributed by atoms with Crippen LogP contribution < -0.4 is 15.4 Å². The van der Waals surface area contributed by atoms with E-state index in [9.17, 15) is 19.2 Å². The smallest absolute Gasteiger partial charge is 0.328 e. The van der Waals surface area contributed by atoms with Crippen LogP contribution in [0, 0.1) is 3.57 Å². The Bertz CT molecular complexity index is 1390. The molecule has 2 fully saturated rings. The molecule has 0 aromatic heterocycles. The molecule has 3 aromatic rings. The van der Waals surface area contributed by atoms with E-state index in [1.165, 1.54) is 0 Å². The van der Waals surface area contributed by atoms with Gasteiger partial charge in [-0.25, -0.2) is 4.79 Å². The summed E-state index contributed by atoms with van der Waals surface area (Å²) in [5.41, 5.74) is -0.804. The number of carbonyl (C=O) groups excluding carboxylic acids is 4. The quantitative estimate of drug-likeness (QED) is 0.312. The zero-order valence-electron chi connectivity index (χ0n) is 19.9. The molecular formula is C27H22BrIN4O5. The highest BCUT2D eigenvalue weighted by molar-refractivity contribution is 14.1. The number of hydrogen-bond acceptors (Lipinski definition) is 6. The molecule has 2 aliphatic rings. The van der Waals surface area contributed by atoms with Gasteiger partial charge in [-0.2, -0.15) is 0 Å². The van der Waals surface area contributed by atoms with Crippen molar-refractivity contribution in [2.45, 2.75) is 5.54 Å². The minimum Gasteiger partial charge on any atom is -0.457 e. The normalized spacial score (nSPS) is 17.5. The Morgan fingerprint density at radius 1 is 0.842 bits per heavy atom. The van der Waals surface area contributed by atoms with Gasteiger partial charge in [-0.05, 0) is 82.8 Å². The van der Waals surface area contributed by atoms with Crippen LogP contribution in [0.25, 0.3) is 0 Å². The molecule has 5 rings (SSSR count). The van der Waals surface area contributed by atoms with E-state index < -0.39 is 23.4 Å². The van der Waals surface area contributed by atoms with Gasteiger partial charge >= 0.3 is 6.03 Å². The lowest BCUT2D eigenvalue weighted by atomic mass is 9.84. The number of urea groups is 1. The summed E-state index contributed by atoms with van der Waals surface area (Å²) >= 11 is 5.55. The topological polar surface area (TPSA) is 108 Å². The van der Waals surface area contributed by atoms with E-state index in [4.69, 9.17) is 4.74 Å². The van der Waals surface area contributed by atoms with E-state index in [0.717, 1.165) is 8.04 Å². The molecule has 38 heavy (non-hydrogen) atoms. The number of ether oxygens (including phenoxy) is 1. The Hall–Kier alpha value is -3.29. The predicted octanol–water partition coefficient (Wildman–Crippen LogP) is 3.87. The molecule has 2 N–H and O–H groups in total. The molecule has 0 saturated carbocycles. The predicted molar refractivity (Wildman–Crippen MR) is 151 cm³/mol. The maximum Gasteiger partial charge on any atom is 0.328 e. The monoisotopic (exact) mass is 688 g/mol. The minimum absolute atomic E-state index is 0.112. The highest BCUT2D eigenvalue weighted by Crippen LogP contribution is 2.34. The zero-order valence-corrected chi connectivity index (χ0v) is 23.7. The molecule has 0 bridgehead atoms. The first-order valence-electron chi connectivity index (χ1n) is 11.8. The average Bonchev–Trinajstić information content (AvgIpc) is 2.90. The van der Waals surface area contributed by atoms with Gasteiger partial charge < -0.3 is 9.64 Å². The summed E-state index contributed by atoms with van der Waals surface area (Å²) in [4.78, 5) is 55.1. The highest BCUT2D eigenvalue weighted by atomic mass is 127. The van der Waals surface area contributed by atoms with E-state index in [1.54, 1.807) is 40.1 Å². The van der Waals surface area contributed by atoms with Crippen molar-refractivity contribution in [3.8, 4) is 11.5 Å². The Balaban J connectivity index is 1.40. The fourth-order valence-corrected chi connectivity index (χ4v) is 5.51. The molecule has 2 aliphatic heterocycles. The number of nitrogens with one attached hydrogen (secondary N) is 2. The van der Waals surface area contributed by atoms with Gasteiger partial charge in [-0.1, -0.05) is 34.1 Å². The highest BCUT2D eigenvalue weighted by Gasteiger charge is 2.56. The molecule has 0 spiro atoms. The van der Waals surface area contributed by atoms with Crippen molar-refractivity contribution in [2.24, 2.45) is 0 Å². The van der Waals surface area contributed by atoms with Crippen molar-refractivity contribution >= 4 is 62.3 Å². The zero-order chi connectivity index (χ0) is 26.9. The van der Waals surface area contributed by atoms with E-state index in [2.05, 4.69) is 49.2 Å². The summed E-state index contributed by atoms with van der Waals surface area (Å²) in [7, 11) is 0. The summed E-state index contributed by atoms with van der Waals surface area (Å²) in [6.45, 7) is 1.13. The van der Waals surface area contributed by atoms with Crippen molar-refractivity contribution in [3.63, 3.8) is 0 Å². The van der Waals surface area contributed by atoms with Gasteiger partial charge in [0.15, 0.2) is 0 Å². The summed E-state index contributed by atoms with van der Waals surface area (Å²) in [5.74, 6) is -0.426. The van der Waals surface area contributed by atoms with Crippen LogP contribution in [-0.4, -0.2) is 59.7 Å². The van der Waals surface area contributed by atoms with E-state index in [1.807, 2.05) is 42.5 Å². The second-order valence-corrected chi connectivity index (χ2v) is 11.0. The third-order valence-corrected chi connectivity index (χ3v) is 7.75. The van der Waals surface area contributed by atoms with Crippen LogP contribution in [0.15, 0.2) is 77.3 Å². The number of imide groups is 2. The third-order valence-electron chi connectivity index (χ3n) is 6.55. The third kappa shape index (κ3) is 5.05. The number of carbonyl (C=O) groups is 4. The first kappa shape index (κ1) is 26.3. The van der Waals surface area contributed by atoms with Crippen molar-refractivity contribution in [2.75, 3.05) is 26.2 Å². The number of piperazine rings is 1. The SMILES string of the molecule is O=C1NC(=O)C(c2ccc(Oc3ccc(Br)cc3)cc2)(N2CCN(C(=O)c3cccc(I)c3)CC2)C(=O)N1. The first-order valence-corrected chi connectivity index (χ1v) is 13.7. The van der Waals surface area contributed by atoms with Crippen LogP contribution in [-0.2, 0) is 15.1 Å². The van der Waals surface area contributed by atoms with E-state index in [-0.39, 0.29) is 19.0 Å². The fraction of sp³-hybridized carbons (Fsp3) is 0.185. The number of barbiturate groups is 1. The van der Waals surface area contributed by atoms with Gasteiger partial charge in [0, 0.05) is 39.8 Å². The molecule has 2 saturated heterocycles. The number of amides is 5. The van der Waals surface area contributed by atoms with Gasteiger partial charge in [0.1, 0.15) is 11.5 Å². The lowest BCUT2D eigenvalue weighted by Gasteiger charge is -2.46. The average molecular weight is 689 g/mol. The molecule has 0 atom stereocenters. The maximum absolute atomic E-state index is 13.4. The molecule has 9 nitrogen and oxygen atoms in total. The number of rotatable bonds is 5. The molecule has 0 unspecified atom stereocenters. The van der Waals surface area contributed by atoms with Crippen molar-refractivity contribution in [1.82, 2.24) is 20.4 Å². The molecular weight excluding hydrogens is 667 g/mol. The molecule has 0 radical (unpaired) electrons. The Morgan fingerprint density at radius 3 is 2.00 bits per heavy atom. The molecule has 0 aliphatic carbocycles. The minimum atomic E-state index is -1.78. The molecule has 5 amide bonds. The summed E-state index contributed by atoms with van der Waals surface area (Å²) < 4.78 is 7.76. The number of halogens is 2. The van der Waals surface area contributed by atoms with Gasteiger partial charge in [-0.15, -0.1) is 0 Å². The van der Waals surface area contributed by atoms with Crippen LogP contribution >= 0.6 is 38.5 Å². The lowest BCUT2D eigenvalue weighted by Crippen LogP contribution is -2.73. The van der Waals surface area contributed by atoms with Crippen LogP contribution in [0.2, 0.25) is 0 Å². The van der Waals surface area contributed by atoms with Crippen LogP contribution in [0.5, 0.6) is 11.5 Å². The second-order valence-electron chi connectivity index (χ2n) is 8.82. The number of nitrogens with zero attached hydrogens (tertiary/aromatic N) is 2. The fourth-order valence-electron chi connectivity index (χ4n) is 4.71. The van der Waals surface area contributed by atoms with Crippen LogP contribution in [0.3, 0.4) is 0 Å². The van der Waals surface area contributed by atoms with Gasteiger partial charge in [0.2, 0.25) is 5.54 Å². The molecule has 2 heterocycles. The Morgan fingerprint density at radius 2 is 1.42 bits per heavy atom. The van der Waals surface area contributed by atoms with E-state index >= 15 is 0 Å². The van der Waals surface area contributed by atoms with Crippen molar-refractivity contribution in [1.29, 1.82) is 0 Å². The van der Waals surface area contributed by atoms with Gasteiger partial charge in [0.05, 0.1) is 0 Å². The molecule has 3 aromatic carbocycles. The largest absolute Gasteiger partial charge is 0.457 e. The van der Waals surface area contributed by atoms with Crippen molar-refractivity contribution in [3.05, 3.63) is 92.0 Å². The second kappa shape index (κ2) is 10.8.